The Kier molecular flexibility index (Phi) is 5.20. The Hall–Kier alpha value is -3.72. The Morgan fingerprint density at radius 1 is 0.871 bits per heavy atom. The van der Waals surface area contributed by atoms with Crippen LogP contribution in [-0.4, -0.2) is 22.5 Å². The van der Waals surface area contributed by atoms with Crippen molar-refractivity contribution < 1.29 is 8.42 Å². The van der Waals surface area contributed by atoms with Gasteiger partial charge in [0, 0.05) is 32.2 Å². The molecular weight excluding hydrogens is 416 g/mol. The lowest BCUT2D eigenvalue weighted by molar-refractivity contribution is 0.601. The summed E-state index contributed by atoms with van der Waals surface area (Å²) in [5.74, 6) is 0. The maximum absolute atomic E-state index is 12.9. The maximum atomic E-state index is 12.9. The molecule has 158 valence electrons. The number of sulfonamides is 1. The molecule has 0 aliphatic carbocycles. The Morgan fingerprint density at radius 3 is 2.19 bits per heavy atom. The first-order valence-corrected chi connectivity index (χ1v) is 10.9. The molecule has 2 aromatic carbocycles. The van der Waals surface area contributed by atoms with E-state index in [1.165, 1.54) is 36.9 Å². The fraction of sp³-hybridized carbons (Fsp3) is 0.136. The summed E-state index contributed by atoms with van der Waals surface area (Å²) in [6, 6.07) is 15.1. The number of hydrogen-bond acceptors (Lipinski definition) is 5. The van der Waals surface area contributed by atoms with Crippen LogP contribution in [0.25, 0.3) is 10.9 Å². The molecule has 2 heterocycles. The summed E-state index contributed by atoms with van der Waals surface area (Å²) < 4.78 is 30.5. The number of aromatic nitrogens is 3. The number of hydrogen-bond donors (Lipinski definition) is 1. The first kappa shape index (κ1) is 20.5. The van der Waals surface area contributed by atoms with Crippen molar-refractivity contribution in [3.05, 3.63) is 99.0 Å². The molecule has 4 aromatic rings. The van der Waals surface area contributed by atoms with E-state index in [2.05, 4.69) is 9.71 Å². The number of rotatable bonds is 5. The van der Waals surface area contributed by atoms with Gasteiger partial charge >= 0.3 is 5.69 Å². The molecule has 0 atom stereocenters. The van der Waals surface area contributed by atoms with E-state index in [0.29, 0.717) is 17.6 Å². The van der Waals surface area contributed by atoms with Gasteiger partial charge in [-0.25, -0.2) is 13.2 Å². The molecule has 0 fully saturated rings. The second-order valence-corrected chi connectivity index (χ2v) is 8.90. The van der Waals surface area contributed by atoms with Gasteiger partial charge in [0.15, 0.2) is 0 Å². The van der Waals surface area contributed by atoms with Crippen LogP contribution >= 0.6 is 0 Å². The highest BCUT2D eigenvalue weighted by Crippen LogP contribution is 2.20. The standard InChI is InChI=1S/C22H20N4O4S/c1-25-20-8-7-18(14-19(20)21(27)26(2)22(25)28)31(29,30)24-17-5-3-15(4-6-17)13-16-9-11-23-12-10-16/h3-12,14,24H,13H2,1-2H3. The van der Waals surface area contributed by atoms with Gasteiger partial charge in [-0.05, 0) is 60.0 Å². The third-order valence-corrected chi connectivity index (χ3v) is 6.49. The van der Waals surface area contributed by atoms with E-state index in [1.807, 2.05) is 24.3 Å². The van der Waals surface area contributed by atoms with Gasteiger partial charge < -0.3 is 0 Å². The Labute approximate surface area is 178 Å². The van der Waals surface area contributed by atoms with E-state index < -0.39 is 21.3 Å². The molecule has 0 unspecified atom stereocenters. The van der Waals surface area contributed by atoms with Crippen molar-refractivity contribution in [3.63, 3.8) is 0 Å². The first-order chi connectivity index (χ1) is 14.8. The number of fused-ring (bicyclic) bond motifs is 1. The number of nitrogens with one attached hydrogen (secondary N) is 1. The van der Waals surface area contributed by atoms with Crippen molar-refractivity contribution in [2.75, 3.05) is 4.72 Å². The van der Waals surface area contributed by atoms with Gasteiger partial charge in [-0.2, -0.15) is 0 Å². The van der Waals surface area contributed by atoms with E-state index in [-0.39, 0.29) is 10.3 Å². The van der Waals surface area contributed by atoms with E-state index in [9.17, 15) is 18.0 Å². The molecule has 0 aliphatic rings. The van der Waals surface area contributed by atoms with Crippen LogP contribution in [0.1, 0.15) is 11.1 Å². The number of benzene rings is 2. The summed E-state index contributed by atoms with van der Waals surface area (Å²) in [5, 5.41) is 0.153. The number of aryl methyl sites for hydroxylation is 1. The van der Waals surface area contributed by atoms with Gasteiger partial charge in [0.25, 0.3) is 15.6 Å². The number of pyridine rings is 1. The molecule has 8 nitrogen and oxygen atoms in total. The zero-order valence-corrected chi connectivity index (χ0v) is 17.8. The molecule has 9 heteroatoms. The van der Waals surface area contributed by atoms with Crippen LogP contribution in [0.5, 0.6) is 0 Å². The minimum absolute atomic E-state index is 0.0587. The molecule has 1 N–H and O–H groups in total. The van der Waals surface area contributed by atoms with Gasteiger partial charge in [-0.1, -0.05) is 12.1 Å². The molecular formula is C22H20N4O4S. The van der Waals surface area contributed by atoms with Crippen LogP contribution in [0.3, 0.4) is 0 Å². The summed E-state index contributed by atoms with van der Waals surface area (Å²) in [4.78, 5) is 28.5. The fourth-order valence-electron chi connectivity index (χ4n) is 3.38. The minimum Gasteiger partial charge on any atom is -0.296 e. The van der Waals surface area contributed by atoms with Crippen molar-refractivity contribution in [1.82, 2.24) is 14.1 Å². The molecule has 0 spiro atoms. The molecule has 0 amide bonds. The number of anilines is 1. The summed E-state index contributed by atoms with van der Waals surface area (Å²) in [5.41, 5.74) is 1.90. The van der Waals surface area contributed by atoms with Crippen LogP contribution < -0.4 is 16.0 Å². The monoisotopic (exact) mass is 436 g/mol. The molecule has 0 saturated carbocycles. The summed E-state index contributed by atoms with van der Waals surface area (Å²) in [7, 11) is -1.03. The average Bonchev–Trinajstić information content (AvgIpc) is 2.77. The summed E-state index contributed by atoms with van der Waals surface area (Å²) in [6.07, 6.45) is 4.17. The van der Waals surface area contributed by atoms with Crippen LogP contribution in [0, 0.1) is 0 Å². The van der Waals surface area contributed by atoms with E-state index in [4.69, 9.17) is 0 Å². The van der Waals surface area contributed by atoms with Crippen molar-refractivity contribution in [2.45, 2.75) is 11.3 Å². The van der Waals surface area contributed by atoms with Crippen molar-refractivity contribution in [2.24, 2.45) is 14.1 Å². The van der Waals surface area contributed by atoms with Crippen molar-refractivity contribution in [3.8, 4) is 0 Å². The van der Waals surface area contributed by atoms with Crippen molar-refractivity contribution in [1.29, 1.82) is 0 Å². The zero-order chi connectivity index (χ0) is 22.2. The fourth-order valence-corrected chi connectivity index (χ4v) is 4.47. The summed E-state index contributed by atoms with van der Waals surface area (Å²) in [6.45, 7) is 0. The predicted molar refractivity (Wildman–Crippen MR) is 119 cm³/mol. The molecule has 31 heavy (non-hydrogen) atoms. The topological polar surface area (TPSA) is 103 Å². The van der Waals surface area contributed by atoms with E-state index in [1.54, 1.807) is 24.5 Å². The molecule has 2 aromatic heterocycles. The highest BCUT2D eigenvalue weighted by atomic mass is 32.2. The highest BCUT2D eigenvalue weighted by molar-refractivity contribution is 7.92. The maximum Gasteiger partial charge on any atom is 0.330 e. The van der Waals surface area contributed by atoms with Crippen LogP contribution in [0.4, 0.5) is 5.69 Å². The SMILES string of the molecule is Cn1c(=O)c2cc(S(=O)(=O)Nc3ccc(Cc4ccncc4)cc3)ccc2n(C)c1=O. The largest absolute Gasteiger partial charge is 0.330 e. The lowest BCUT2D eigenvalue weighted by atomic mass is 10.1. The second-order valence-electron chi connectivity index (χ2n) is 7.22. The van der Waals surface area contributed by atoms with Gasteiger partial charge in [0.05, 0.1) is 15.8 Å². The summed E-state index contributed by atoms with van der Waals surface area (Å²) >= 11 is 0. The van der Waals surface area contributed by atoms with Crippen LogP contribution in [-0.2, 0) is 30.5 Å². The highest BCUT2D eigenvalue weighted by Gasteiger charge is 2.17. The zero-order valence-electron chi connectivity index (χ0n) is 16.9. The molecule has 0 saturated heterocycles. The molecule has 0 bridgehead atoms. The van der Waals surface area contributed by atoms with Gasteiger partial charge in [0.2, 0.25) is 0 Å². The molecule has 0 aliphatic heterocycles. The van der Waals surface area contributed by atoms with Crippen LogP contribution in [0.2, 0.25) is 0 Å². The van der Waals surface area contributed by atoms with Crippen LogP contribution in [0.15, 0.2) is 81.5 Å². The Balaban J connectivity index is 1.62. The van der Waals surface area contributed by atoms with E-state index >= 15 is 0 Å². The van der Waals surface area contributed by atoms with Crippen molar-refractivity contribution >= 4 is 26.6 Å². The number of nitrogens with zero attached hydrogens (tertiary/aromatic N) is 3. The average molecular weight is 436 g/mol. The van der Waals surface area contributed by atoms with Gasteiger partial charge in [-0.3, -0.25) is 23.6 Å². The second kappa shape index (κ2) is 7.84. The first-order valence-electron chi connectivity index (χ1n) is 9.47. The third kappa shape index (κ3) is 3.99. The molecule has 0 radical (unpaired) electrons. The Bertz CT molecular complexity index is 1490. The van der Waals surface area contributed by atoms with Gasteiger partial charge in [-0.15, -0.1) is 0 Å². The lowest BCUT2D eigenvalue weighted by Gasteiger charge is -2.11. The quantitative estimate of drug-likeness (QED) is 0.516. The third-order valence-electron chi connectivity index (χ3n) is 5.11. The lowest BCUT2D eigenvalue weighted by Crippen LogP contribution is -2.37. The minimum atomic E-state index is -3.92. The van der Waals surface area contributed by atoms with E-state index in [0.717, 1.165) is 15.7 Å². The predicted octanol–water partition coefficient (Wildman–Crippen LogP) is 2.02. The smallest absolute Gasteiger partial charge is 0.296 e. The normalized spacial score (nSPS) is 11.5. The molecule has 4 rings (SSSR count). The Morgan fingerprint density at radius 2 is 1.52 bits per heavy atom. The van der Waals surface area contributed by atoms with Gasteiger partial charge in [0.1, 0.15) is 0 Å².